The zero-order valence-electron chi connectivity index (χ0n) is 14.0. The third-order valence-electron chi connectivity index (χ3n) is 3.99. The van der Waals surface area contributed by atoms with Gasteiger partial charge in [0.05, 0.1) is 25.3 Å². The number of aryl methyl sites for hydroxylation is 1. The molecule has 0 radical (unpaired) electrons. The van der Waals surface area contributed by atoms with Crippen LogP contribution in [0.5, 0.6) is 11.5 Å². The van der Waals surface area contributed by atoms with Gasteiger partial charge < -0.3 is 20.1 Å². The van der Waals surface area contributed by atoms with Crippen LogP contribution in [0.2, 0.25) is 0 Å². The van der Waals surface area contributed by atoms with Gasteiger partial charge in [-0.25, -0.2) is 0 Å². The molecule has 1 unspecified atom stereocenters. The highest BCUT2D eigenvalue weighted by atomic mass is 16.5. The molecule has 0 saturated carbocycles. The van der Waals surface area contributed by atoms with Crippen LogP contribution in [0.15, 0.2) is 42.5 Å². The Bertz CT molecular complexity index is 730. The van der Waals surface area contributed by atoms with Crippen LogP contribution in [0.3, 0.4) is 0 Å². The van der Waals surface area contributed by atoms with E-state index >= 15 is 0 Å². The number of amides is 1. The Kier molecular flexibility index (Phi) is 4.89. The fourth-order valence-electron chi connectivity index (χ4n) is 2.71. The predicted octanol–water partition coefficient (Wildman–Crippen LogP) is 2.88. The van der Waals surface area contributed by atoms with Gasteiger partial charge in [0.25, 0.3) is 0 Å². The molecule has 0 aromatic heterocycles. The maximum absolute atomic E-state index is 12.2. The van der Waals surface area contributed by atoms with Crippen LogP contribution in [-0.2, 0) is 11.3 Å². The molecule has 1 atom stereocenters. The lowest BCUT2D eigenvalue weighted by atomic mass is 10.1. The van der Waals surface area contributed by atoms with Crippen LogP contribution in [0, 0.1) is 6.92 Å². The first-order valence-corrected chi connectivity index (χ1v) is 8.03. The lowest BCUT2D eigenvalue weighted by Crippen LogP contribution is -2.37. The van der Waals surface area contributed by atoms with Gasteiger partial charge in [0.15, 0.2) is 0 Å². The summed E-state index contributed by atoms with van der Waals surface area (Å²) in [5.41, 5.74) is 3.11. The minimum Gasteiger partial charge on any atom is -0.497 e. The van der Waals surface area contributed by atoms with E-state index in [0.717, 1.165) is 28.3 Å². The monoisotopic (exact) mass is 326 g/mol. The number of methoxy groups -OCH3 is 1. The first kappa shape index (κ1) is 16.2. The molecular weight excluding hydrogens is 304 g/mol. The van der Waals surface area contributed by atoms with E-state index in [1.807, 2.05) is 49.4 Å². The second kappa shape index (κ2) is 7.25. The summed E-state index contributed by atoms with van der Waals surface area (Å²) in [5, 5.41) is 6.31. The molecule has 1 heterocycles. The van der Waals surface area contributed by atoms with Crippen molar-refractivity contribution in [1.82, 2.24) is 5.32 Å². The van der Waals surface area contributed by atoms with Gasteiger partial charge in [0.2, 0.25) is 5.91 Å². The minimum absolute atomic E-state index is 0.00511. The number of anilines is 1. The number of rotatable bonds is 5. The van der Waals surface area contributed by atoms with E-state index in [2.05, 4.69) is 10.6 Å². The number of benzene rings is 2. The van der Waals surface area contributed by atoms with Crippen LogP contribution in [0.25, 0.3) is 0 Å². The standard InChI is InChI=1S/C19H22N2O3/c1-13-6-7-17-18(8-13)24-12-15(21-17)10-19(22)20-11-14-4-3-5-16(9-14)23-2/h3-9,15,21H,10-12H2,1-2H3,(H,20,22). The second-order valence-electron chi connectivity index (χ2n) is 5.98. The summed E-state index contributed by atoms with van der Waals surface area (Å²) in [7, 11) is 1.63. The van der Waals surface area contributed by atoms with Crippen molar-refractivity contribution in [2.45, 2.75) is 25.9 Å². The smallest absolute Gasteiger partial charge is 0.222 e. The largest absolute Gasteiger partial charge is 0.497 e. The van der Waals surface area contributed by atoms with Crippen molar-refractivity contribution in [2.24, 2.45) is 0 Å². The van der Waals surface area contributed by atoms with Gasteiger partial charge in [-0.05, 0) is 42.3 Å². The first-order chi connectivity index (χ1) is 11.6. The molecule has 1 aliphatic heterocycles. The van der Waals surface area contributed by atoms with Crippen molar-refractivity contribution < 1.29 is 14.3 Å². The summed E-state index contributed by atoms with van der Waals surface area (Å²) in [6.45, 7) is 3.00. The summed E-state index contributed by atoms with van der Waals surface area (Å²) in [4.78, 5) is 12.2. The molecule has 2 N–H and O–H groups in total. The van der Waals surface area contributed by atoms with Crippen LogP contribution in [-0.4, -0.2) is 25.7 Å². The molecule has 3 rings (SSSR count). The van der Waals surface area contributed by atoms with Crippen molar-refractivity contribution >= 4 is 11.6 Å². The van der Waals surface area contributed by atoms with Crippen molar-refractivity contribution in [3.8, 4) is 11.5 Å². The molecule has 2 aromatic carbocycles. The molecule has 0 saturated heterocycles. The fourth-order valence-corrected chi connectivity index (χ4v) is 2.71. The maximum atomic E-state index is 12.2. The number of hydrogen-bond donors (Lipinski definition) is 2. The van der Waals surface area contributed by atoms with Gasteiger partial charge >= 0.3 is 0 Å². The second-order valence-corrected chi connectivity index (χ2v) is 5.98. The molecule has 24 heavy (non-hydrogen) atoms. The number of fused-ring (bicyclic) bond motifs is 1. The Labute approximate surface area is 142 Å². The third kappa shape index (κ3) is 3.98. The molecule has 2 aromatic rings. The Morgan fingerprint density at radius 2 is 2.21 bits per heavy atom. The molecule has 0 aliphatic carbocycles. The molecule has 0 bridgehead atoms. The number of carbonyl (C=O) groups is 1. The Balaban J connectivity index is 1.51. The van der Waals surface area contributed by atoms with E-state index in [4.69, 9.17) is 9.47 Å². The average molecular weight is 326 g/mol. The van der Waals surface area contributed by atoms with Gasteiger partial charge in [0.1, 0.15) is 18.1 Å². The van der Waals surface area contributed by atoms with Gasteiger partial charge in [-0.2, -0.15) is 0 Å². The van der Waals surface area contributed by atoms with Gasteiger partial charge in [-0.1, -0.05) is 18.2 Å². The average Bonchev–Trinajstić information content (AvgIpc) is 2.60. The van der Waals surface area contributed by atoms with Crippen molar-refractivity contribution in [3.63, 3.8) is 0 Å². The summed E-state index contributed by atoms with van der Waals surface area (Å²) in [5.74, 6) is 1.63. The van der Waals surface area contributed by atoms with E-state index in [1.54, 1.807) is 7.11 Å². The summed E-state index contributed by atoms with van der Waals surface area (Å²) in [6.07, 6.45) is 0.372. The first-order valence-electron chi connectivity index (χ1n) is 8.03. The number of nitrogens with one attached hydrogen (secondary N) is 2. The van der Waals surface area contributed by atoms with Crippen LogP contribution < -0.4 is 20.1 Å². The van der Waals surface area contributed by atoms with Crippen molar-refractivity contribution in [1.29, 1.82) is 0 Å². The van der Waals surface area contributed by atoms with E-state index in [1.165, 1.54) is 0 Å². The maximum Gasteiger partial charge on any atom is 0.222 e. The Hall–Kier alpha value is -2.69. The number of carbonyl (C=O) groups excluding carboxylic acids is 1. The highest BCUT2D eigenvalue weighted by molar-refractivity contribution is 5.77. The lowest BCUT2D eigenvalue weighted by molar-refractivity contribution is -0.121. The number of hydrogen-bond acceptors (Lipinski definition) is 4. The van der Waals surface area contributed by atoms with E-state index in [0.29, 0.717) is 19.6 Å². The highest BCUT2D eigenvalue weighted by Crippen LogP contribution is 2.30. The van der Waals surface area contributed by atoms with Crippen LogP contribution >= 0.6 is 0 Å². The molecule has 5 heteroatoms. The van der Waals surface area contributed by atoms with Gasteiger partial charge in [-0.15, -0.1) is 0 Å². The van der Waals surface area contributed by atoms with Crippen LogP contribution in [0.1, 0.15) is 17.5 Å². The minimum atomic E-state index is -0.0227. The van der Waals surface area contributed by atoms with E-state index < -0.39 is 0 Å². The molecule has 0 fully saturated rings. The van der Waals surface area contributed by atoms with E-state index in [-0.39, 0.29) is 11.9 Å². The quantitative estimate of drug-likeness (QED) is 0.887. The lowest BCUT2D eigenvalue weighted by Gasteiger charge is -2.27. The molecule has 1 aliphatic rings. The Morgan fingerprint density at radius 3 is 3.04 bits per heavy atom. The molecule has 0 spiro atoms. The zero-order chi connectivity index (χ0) is 16.9. The highest BCUT2D eigenvalue weighted by Gasteiger charge is 2.21. The molecule has 1 amide bonds. The number of ether oxygens (including phenoxy) is 2. The normalized spacial score (nSPS) is 15.7. The van der Waals surface area contributed by atoms with Crippen molar-refractivity contribution in [3.05, 3.63) is 53.6 Å². The van der Waals surface area contributed by atoms with E-state index in [9.17, 15) is 4.79 Å². The third-order valence-corrected chi connectivity index (χ3v) is 3.99. The van der Waals surface area contributed by atoms with Crippen LogP contribution in [0.4, 0.5) is 5.69 Å². The Morgan fingerprint density at radius 1 is 1.33 bits per heavy atom. The van der Waals surface area contributed by atoms with Crippen molar-refractivity contribution in [2.75, 3.05) is 19.0 Å². The fraction of sp³-hybridized carbons (Fsp3) is 0.316. The molecule has 5 nitrogen and oxygen atoms in total. The SMILES string of the molecule is COc1cccc(CNC(=O)CC2COc3cc(C)ccc3N2)c1. The van der Waals surface area contributed by atoms with Gasteiger partial charge in [-0.3, -0.25) is 4.79 Å². The summed E-state index contributed by atoms with van der Waals surface area (Å²) >= 11 is 0. The topological polar surface area (TPSA) is 59.6 Å². The predicted molar refractivity (Wildman–Crippen MR) is 93.5 cm³/mol. The zero-order valence-corrected chi connectivity index (χ0v) is 14.0. The summed E-state index contributed by atoms with van der Waals surface area (Å²) in [6, 6.07) is 13.7. The molecule has 126 valence electrons. The molecular formula is C19H22N2O3. The summed E-state index contributed by atoms with van der Waals surface area (Å²) < 4.78 is 10.9. The van der Waals surface area contributed by atoms with Gasteiger partial charge in [0, 0.05) is 6.54 Å².